The Labute approximate surface area is 248 Å². The fourth-order valence-corrected chi connectivity index (χ4v) is 4.38. The zero-order valence-electron chi connectivity index (χ0n) is 24.3. The second kappa shape index (κ2) is 11.7. The molecule has 1 saturated carbocycles. The van der Waals surface area contributed by atoms with Gasteiger partial charge in [-0.2, -0.15) is 13.2 Å². The summed E-state index contributed by atoms with van der Waals surface area (Å²) in [5.74, 6) is -0.584. The van der Waals surface area contributed by atoms with Gasteiger partial charge in [-0.25, -0.2) is 4.39 Å². The number of nitrogens with zero attached hydrogens (tertiary/aromatic N) is 2. The molecule has 1 atom stereocenters. The first-order chi connectivity index (χ1) is 19.6. The van der Waals surface area contributed by atoms with Crippen molar-refractivity contribution < 1.29 is 31.8 Å². The molecule has 6 nitrogen and oxygen atoms in total. The largest absolute Gasteiger partial charge is 0.493 e. The van der Waals surface area contributed by atoms with Gasteiger partial charge in [0.15, 0.2) is 11.5 Å². The van der Waals surface area contributed by atoms with Crippen molar-refractivity contribution in [2.24, 2.45) is 0 Å². The van der Waals surface area contributed by atoms with Crippen LogP contribution < -0.4 is 14.8 Å². The van der Waals surface area contributed by atoms with Crippen LogP contribution in [0.15, 0.2) is 48.5 Å². The van der Waals surface area contributed by atoms with E-state index >= 15 is 0 Å². The first-order valence-electron chi connectivity index (χ1n) is 13.4. The van der Waals surface area contributed by atoms with Crippen molar-refractivity contribution in [3.63, 3.8) is 0 Å². The molecule has 1 aliphatic carbocycles. The minimum Gasteiger partial charge on any atom is -0.493 e. The van der Waals surface area contributed by atoms with Gasteiger partial charge in [-0.05, 0) is 102 Å². The van der Waals surface area contributed by atoms with Crippen LogP contribution in [0.4, 0.5) is 17.6 Å². The highest BCUT2D eigenvalue weighted by molar-refractivity contribution is 6.31. The summed E-state index contributed by atoms with van der Waals surface area (Å²) in [7, 11) is 5.05. The van der Waals surface area contributed by atoms with Gasteiger partial charge in [-0.3, -0.25) is 9.78 Å². The molecule has 0 radical (unpaired) electrons. The third-order valence-electron chi connectivity index (χ3n) is 7.90. The number of benzene rings is 2. The molecule has 11 heteroatoms. The summed E-state index contributed by atoms with van der Waals surface area (Å²) in [6, 6.07) is 11.4. The summed E-state index contributed by atoms with van der Waals surface area (Å²) in [6.45, 7) is 3.94. The van der Waals surface area contributed by atoms with Gasteiger partial charge in [-0.1, -0.05) is 11.6 Å². The Morgan fingerprint density at radius 1 is 1.05 bits per heavy atom. The smallest absolute Gasteiger partial charge is 0.401 e. The van der Waals surface area contributed by atoms with Crippen LogP contribution in [0.3, 0.4) is 0 Å². The van der Waals surface area contributed by atoms with Crippen molar-refractivity contribution in [1.29, 1.82) is 0 Å². The molecule has 1 aromatic heterocycles. The molecular formula is C31H34ClF4N3O3. The summed E-state index contributed by atoms with van der Waals surface area (Å²) in [4.78, 5) is 19.4. The molecule has 1 unspecified atom stereocenters. The molecule has 226 valence electrons. The maximum atomic E-state index is 14.9. The molecule has 1 aliphatic rings. The normalized spacial score (nSPS) is 15.3. The molecule has 3 aromatic rings. The molecule has 1 fully saturated rings. The first-order valence-corrected chi connectivity index (χ1v) is 13.8. The van der Waals surface area contributed by atoms with E-state index in [1.807, 2.05) is 32.8 Å². The Morgan fingerprint density at radius 3 is 2.31 bits per heavy atom. The number of hydrogen-bond donors (Lipinski definition) is 1. The number of hydrogen-bond acceptors (Lipinski definition) is 5. The number of carbonyl (C=O) groups excluding carboxylic acids is 1. The van der Waals surface area contributed by atoms with E-state index in [0.717, 1.165) is 25.8 Å². The molecule has 1 amide bonds. The second-order valence-electron chi connectivity index (χ2n) is 11.4. The topological polar surface area (TPSA) is 63.7 Å². The third kappa shape index (κ3) is 6.49. The highest BCUT2D eigenvalue weighted by Gasteiger charge is 2.54. The van der Waals surface area contributed by atoms with Crippen molar-refractivity contribution in [3.05, 3.63) is 76.2 Å². The van der Waals surface area contributed by atoms with Gasteiger partial charge in [0.25, 0.3) is 5.91 Å². The Bertz CT molecular complexity index is 1470. The quantitative estimate of drug-likeness (QED) is 0.248. The van der Waals surface area contributed by atoms with Gasteiger partial charge in [-0.15, -0.1) is 0 Å². The zero-order valence-corrected chi connectivity index (χ0v) is 25.1. The number of alkyl halides is 3. The van der Waals surface area contributed by atoms with Gasteiger partial charge in [0, 0.05) is 23.2 Å². The average molecular weight is 608 g/mol. The molecule has 1 heterocycles. The van der Waals surface area contributed by atoms with E-state index in [4.69, 9.17) is 21.1 Å². The Hall–Kier alpha value is -3.37. The van der Waals surface area contributed by atoms with E-state index in [-0.39, 0.29) is 28.1 Å². The van der Waals surface area contributed by atoms with Gasteiger partial charge in [0.1, 0.15) is 11.2 Å². The van der Waals surface area contributed by atoms with Crippen molar-refractivity contribution >= 4 is 17.5 Å². The van der Waals surface area contributed by atoms with Gasteiger partial charge >= 0.3 is 6.18 Å². The fraction of sp³-hybridized carbons (Fsp3) is 0.419. The van der Waals surface area contributed by atoms with Crippen molar-refractivity contribution in [3.8, 4) is 22.8 Å². The summed E-state index contributed by atoms with van der Waals surface area (Å²) in [6.07, 6.45) is -2.84. The standard InChI is InChI=1S/C31H34ClF4N3O3/c1-29(2,39(4)5)20-15-24(18-7-11-23(33)22(32)13-18)38-27(16-20)30(3,31(34,35)36)17-37-28(40)19-8-12-25(26(14-19)41-6)42-21-9-10-21/h7-8,11-16,21H,9-10,17H2,1-6H3,(H,37,40). The highest BCUT2D eigenvalue weighted by atomic mass is 35.5. The highest BCUT2D eigenvalue weighted by Crippen LogP contribution is 2.42. The van der Waals surface area contributed by atoms with Gasteiger partial charge in [0.05, 0.1) is 29.6 Å². The molecule has 0 spiro atoms. The van der Waals surface area contributed by atoms with Gasteiger partial charge in [0.2, 0.25) is 0 Å². The van der Waals surface area contributed by atoms with E-state index in [0.29, 0.717) is 22.6 Å². The predicted octanol–water partition coefficient (Wildman–Crippen LogP) is 7.14. The van der Waals surface area contributed by atoms with E-state index < -0.39 is 35.4 Å². The molecule has 0 bridgehead atoms. The minimum atomic E-state index is -4.80. The number of pyridine rings is 1. The number of aromatic nitrogens is 1. The molecule has 1 N–H and O–H groups in total. The van der Waals surface area contributed by atoms with Crippen molar-refractivity contribution in [2.75, 3.05) is 27.7 Å². The third-order valence-corrected chi connectivity index (χ3v) is 8.19. The Balaban J connectivity index is 1.73. The van der Waals surface area contributed by atoms with E-state index in [9.17, 15) is 22.4 Å². The van der Waals surface area contributed by atoms with Gasteiger partial charge < -0.3 is 19.7 Å². The van der Waals surface area contributed by atoms with Crippen LogP contribution in [-0.2, 0) is 11.0 Å². The lowest BCUT2D eigenvalue weighted by Crippen LogP contribution is -2.49. The van der Waals surface area contributed by atoms with E-state index in [1.165, 1.54) is 37.4 Å². The number of carbonyl (C=O) groups is 1. The van der Waals surface area contributed by atoms with Crippen LogP contribution in [0.2, 0.25) is 5.02 Å². The number of methoxy groups -OCH3 is 1. The van der Waals surface area contributed by atoms with Crippen molar-refractivity contribution in [1.82, 2.24) is 15.2 Å². The lowest BCUT2D eigenvalue weighted by molar-refractivity contribution is -0.184. The summed E-state index contributed by atoms with van der Waals surface area (Å²) < 4.78 is 69.6. The van der Waals surface area contributed by atoms with Crippen molar-refractivity contribution in [2.45, 2.75) is 56.8 Å². The zero-order chi connectivity index (χ0) is 31.0. The van der Waals surface area contributed by atoms with Crippen LogP contribution in [0, 0.1) is 5.82 Å². The molecule has 0 aliphatic heterocycles. The SMILES string of the molecule is COc1cc(C(=O)NCC(C)(c2cc(C(C)(C)N(C)C)cc(-c3ccc(F)c(Cl)c3)n2)C(F)(F)F)ccc1OC1CC1. The number of ether oxygens (including phenoxy) is 2. The van der Waals surface area contributed by atoms with Crippen LogP contribution in [0.25, 0.3) is 11.3 Å². The fourth-order valence-electron chi connectivity index (χ4n) is 4.19. The molecular weight excluding hydrogens is 574 g/mol. The summed E-state index contributed by atoms with van der Waals surface area (Å²) in [5.41, 5.74) is -2.37. The molecule has 2 aromatic carbocycles. The summed E-state index contributed by atoms with van der Waals surface area (Å²) >= 11 is 5.99. The summed E-state index contributed by atoms with van der Waals surface area (Å²) in [5, 5.41) is 2.27. The number of halogens is 5. The maximum absolute atomic E-state index is 14.9. The number of nitrogens with one attached hydrogen (secondary N) is 1. The van der Waals surface area contributed by atoms with E-state index in [2.05, 4.69) is 10.3 Å². The lowest BCUT2D eigenvalue weighted by Gasteiger charge is -2.36. The predicted molar refractivity (Wildman–Crippen MR) is 154 cm³/mol. The molecule has 0 saturated heterocycles. The van der Waals surface area contributed by atoms with Crippen LogP contribution in [-0.4, -0.2) is 55.8 Å². The van der Waals surface area contributed by atoms with Crippen LogP contribution in [0.5, 0.6) is 11.5 Å². The molecule has 4 rings (SSSR count). The average Bonchev–Trinajstić information content (AvgIpc) is 3.76. The van der Waals surface area contributed by atoms with E-state index in [1.54, 1.807) is 12.1 Å². The number of amides is 1. The van der Waals surface area contributed by atoms with Crippen LogP contribution >= 0.6 is 11.6 Å². The second-order valence-corrected chi connectivity index (χ2v) is 11.8. The maximum Gasteiger partial charge on any atom is 0.401 e. The Morgan fingerprint density at radius 2 is 1.74 bits per heavy atom. The Kier molecular flexibility index (Phi) is 8.81. The lowest BCUT2D eigenvalue weighted by atomic mass is 9.81. The van der Waals surface area contributed by atoms with Crippen LogP contribution in [0.1, 0.15) is 55.2 Å². The number of rotatable bonds is 10. The minimum absolute atomic E-state index is 0.0997. The first kappa shape index (κ1) is 31.6. The molecule has 42 heavy (non-hydrogen) atoms. The monoisotopic (exact) mass is 607 g/mol.